The molecule has 0 aromatic heterocycles. The largest absolute Gasteiger partial charge is 0.300 e. The topological polar surface area (TPSA) is 34.1 Å². The molecule has 0 aromatic carbocycles. The summed E-state index contributed by atoms with van der Waals surface area (Å²) in [5.74, 6) is 3.93. The Bertz CT molecular complexity index is 572. The molecule has 3 heteroatoms. The zero-order valence-electron chi connectivity index (χ0n) is 15.3. The molecule has 0 saturated heterocycles. The molecule has 0 aromatic rings. The smallest absolute Gasteiger partial charge is 0.146 e. The zero-order valence-corrected chi connectivity index (χ0v) is 16.9. The highest BCUT2D eigenvalue weighted by atomic mass is 79.9. The molecular formula is C21H31BrO2. The van der Waals surface area contributed by atoms with Gasteiger partial charge in [-0.25, -0.2) is 0 Å². The van der Waals surface area contributed by atoms with E-state index in [9.17, 15) is 9.59 Å². The molecule has 2 nitrogen and oxygen atoms in total. The molecule has 4 saturated carbocycles. The van der Waals surface area contributed by atoms with Crippen molar-refractivity contribution in [3.63, 3.8) is 0 Å². The lowest BCUT2D eigenvalue weighted by molar-refractivity contribution is -0.141. The normalized spacial score (nSPS) is 53.9. The van der Waals surface area contributed by atoms with Crippen molar-refractivity contribution in [2.45, 2.75) is 77.0 Å². The van der Waals surface area contributed by atoms with Crippen molar-refractivity contribution in [3.05, 3.63) is 0 Å². The number of hydrogen-bond donors (Lipinski definition) is 0. The number of alkyl halides is 1. The van der Waals surface area contributed by atoms with Crippen LogP contribution in [0.4, 0.5) is 0 Å². The molecule has 4 aliphatic rings. The van der Waals surface area contributed by atoms with Crippen molar-refractivity contribution in [2.24, 2.45) is 40.4 Å². The molecule has 2 unspecified atom stereocenters. The number of fused-ring (bicyclic) bond motifs is 5. The van der Waals surface area contributed by atoms with Crippen LogP contribution in [0.5, 0.6) is 0 Å². The Kier molecular flexibility index (Phi) is 4.07. The lowest BCUT2D eigenvalue weighted by atomic mass is 9.44. The van der Waals surface area contributed by atoms with Crippen LogP contribution in [-0.4, -0.2) is 16.4 Å². The molecule has 0 radical (unpaired) electrons. The van der Waals surface area contributed by atoms with Crippen LogP contribution < -0.4 is 0 Å². The van der Waals surface area contributed by atoms with Crippen LogP contribution in [0.2, 0.25) is 0 Å². The molecule has 0 spiro atoms. The average molecular weight is 395 g/mol. The van der Waals surface area contributed by atoms with Gasteiger partial charge in [-0.05, 0) is 86.4 Å². The highest BCUT2D eigenvalue weighted by molar-refractivity contribution is 9.10. The lowest BCUT2D eigenvalue weighted by Gasteiger charge is -2.61. The van der Waals surface area contributed by atoms with Gasteiger partial charge in [-0.3, -0.25) is 9.59 Å². The first kappa shape index (κ1) is 17.2. The summed E-state index contributed by atoms with van der Waals surface area (Å²) in [7, 11) is 0. The summed E-state index contributed by atoms with van der Waals surface area (Å²) in [6.45, 7) is 6.71. The van der Waals surface area contributed by atoms with Crippen LogP contribution in [0, 0.1) is 40.4 Å². The van der Waals surface area contributed by atoms with Gasteiger partial charge in [-0.15, -0.1) is 0 Å². The summed E-state index contributed by atoms with van der Waals surface area (Å²) in [5.41, 5.74) is 0.565. The van der Waals surface area contributed by atoms with Crippen LogP contribution in [0.1, 0.15) is 72.1 Å². The number of halogens is 1. The fourth-order valence-corrected chi connectivity index (χ4v) is 8.86. The Hall–Kier alpha value is -0.180. The molecule has 0 amide bonds. The van der Waals surface area contributed by atoms with Gasteiger partial charge in [0, 0.05) is 12.3 Å². The van der Waals surface area contributed by atoms with Gasteiger partial charge in [-0.2, -0.15) is 0 Å². The van der Waals surface area contributed by atoms with Crippen LogP contribution in [0.15, 0.2) is 0 Å². The quantitative estimate of drug-likeness (QED) is 0.574. The summed E-state index contributed by atoms with van der Waals surface area (Å²) < 4.78 is 0. The SMILES string of the molecule is CC(=O)[C@H]1CC[C@H]2[C@@H]3CCC4C(Br)C(=O)CC[C@]4(C)[C@H]3CC[C@]12C. The molecule has 4 rings (SSSR count). The Morgan fingerprint density at radius 2 is 1.62 bits per heavy atom. The molecule has 0 heterocycles. The van der Waals surface area contributed by atoms with Gasteiger partial charge in [0.05, 0.1) is 4.83 Å². The number of carbonyl (C=O) groups is 2. The minimum atomic E-state index is 0.0825. The maximum Gasteiger partial charge on any atom is 0.146 e. The van der Waals surface area contributed by atoms with E-state index in [1.165, 1.54) is 32.1 Å². The van der Waals surface area contributed by atoms with Crippen molar-refractivity contribution < 1.29 is 9.59 Å². The third-order valence-electron chi connectivity index (χ3n) is 9.00. The van der Waals surface area contributed by atoms with E-state index in [-0.39, 0.29) is 10.2 Å². The Morgan fingerprint density at radius 1 is 0.958 bits per heavy atom. The van der Waals surface area contributed by atoms with E-state index in [0.29, 0.717) is 28.8 Å². The third kappa shape index (κ3) is 2.18. The van der Waals surface area contributed by atoms with Gasteiger partial charge in [0.15, 0.2) is 0 Å². The molecule has 4 fully saturated rings. The van der Waals surface area contributed by atoms with E-state index in [1.807, 2.05) is 6.92 Å². The van der Waals surface area contributed by atoms with E-state index >= 15 is 0 Å². The van der Waals surface area contributed by atoms with Crippen molar-refractivity contribution in [3.8, 4) is 0 Å². The number of Topliss-reactive ketones (excluding diaryl/α,β-unsaturated/α-hetero) is 2. The van der Waals surface area contributed by atoms with Crippen LogP contribution >= 0.6 is 15.9 Å². The first-order valence-corrected chi connectivity index (χ1v) is 10.9. The van der Waals surface area contributed by atoms with Crippen molar-refractivity contribution >= 4 is 27.5 Å². The Morgan fingerprint density at radius 3 is 2.33 bits per heavy atom. The molecule has 134 valence electrons. The van der Waals surface area contributed by atoms with Crippen molar-refractivity contribution in [2.75, 3.05) is 0 Å². The van der Waals surface area contributed by atoms with E-state index in [0.717, 1.165) is 37.0 Å². The molecule has 0 aliphatic heterocycles. The van der Waals surface area contributed by atoms with Crippen LogP contribution in [0.3, 0.4) is 0 Å². The van der Waals surface area contributed by atoms with Crippen molar-refractivity contribution in [1.82, 2.24) is 0 Å². The minimum Gasteiger partial charge on any atom is -0.300 e. The van der Waals surface area contributed by atoms with Gasteiger partial charge in [-0.1, -0.05) is 29.8 Å². The molecule has 0 N–H and O–H groups in total. The standard InChI is InChI=1S/C21H31BrO2/c1-12(23)14-6-7-15-13-4-5-17-19(22)18(24)9-11-21(17,3)16(13)8-10-20(14,15)2/h13-17,19H,4-11H2,1-3H3/t13-,14+,15-,16-,17?,19?,20+,21+/m0/s1. The van der Waals surface area contributed by atoms with Gasteiger partial charge in [0.1, 0.15) is 11.6 Å². The highest BCUT2D eigenvalue weighted by Crippen LogP contribution is 2.67. The minimum absolute atomic E-state index is 0.0825. The maximum atomic E-state index is 12.2. The summed E-state index contributed by atoms with van der Waals surface area (Å²) >= 11 is 3.75. The van der Waals surface area contributed by atoms with Gasteiger partial charge in [0.2, 0.25) is 0 Å². The molecule has 24 heavy (non-hydrogen) atoms. The predicted molar refractivity (Wildman–Crippen MR) is 99.0 cm³/mol. The molecule has 0 bridgehead atoms. The van der Waals surface area contributed by atoms with Gasteiger partial charge in [0.25, 0.3) is 0 Å². The monoisotopic (exact) mass is 394 g/mol. The van der Waals surface area contributed by atoms with E-state index in [4.69, 9.17) is 0 Å². The first-order valence-electron chi connectivity index (χ1n) is 9.96. The maximum absolute atomic E-state index is 12.2. The summed E-state index contributed by atoms with van der Waals surface area (Å²) in [5, 5.41) is 0. The second-order valence-electron chi connectivity index (χ2n) is 9.72. The fraction of sp³-hybridized carbons (Fsp3) is 0.905. The number of carbonyl (C=O) groups excluding carboxylic acids is 2. The van der Waals surface area contributed by atoms with Crippen LogP contribution in [0.25, 0.3) is 0 Å². The van der Waals surface area contributed by atoms with Crippen LogP contribution in [-0.2, 0) is 9.59 Å². The van der Waals surface area contributed by atoms with E-state index < -0.39 is 0 Å². The number of rotatable bonds is 1. The number of hydrogen-bond acceptors (Lipinski definition) is 2. The molecule has 8 atom stereocenters. The second-order valence-corrected chi connectivity index (χ2v) is 10.7. The van der Waals surface area contributed by atoms with E-state index in [1.54, 1.807) is 0 Å². The second kappa shape index (κ2) is 5.66. The average Bonchev–Trinajstić information content (AvgIpc) is 2.89. The Balaban J connectivity index is 1.64. The first-order chi connectivity index (χ1) is 11.3. The Labute approximate surface area is 154 Å². The summed E-state index contributed by atoms with van der Waals surface area (Å²) in [4.78, 5) is 24.5. The summed E-state index contributed by atoms with van der Waals surface area (Å²) in [6.07, 6.45) is 9.14. The molecule has 4 aliphatic carbocycles. The van der Waals surface area contributed by atoms with Gasteiger partial charge >= 0.3 is 0 Å². The predicted octanol–water partition coefficient (Wildman–Crippen LogP) is 5.18. The zero-order chi connectivity index (χ0) is 17.3. The summed E-state index contributed by atoms with van der Waals surface area (Å²) in [6, 6.07) is 0. The third-order valence-corrected chi connectivity index (χ3v) is 10.2. The highest BCUT2D eigenvalue weighted by Gasteiger charge is 2.61. The molecular weight excluding hydrogens is 364 g/mol. The van der Waals surface area contributed by atoms with E-state index in [2.05, 4.69) is 29.8 Å². The fourth-order valence-electron chi connectivity index (χ4n) is 7.76. The number of ketones is 2. The van der Waals surface area contributed by atoms with Gasteiger partial charge < -0.3 is 0 Å². The van der Waals surface area contributed by atoms with Crippen molar-refractivity contribution in [1.29, 1.82) is 0 Å². The lowest BCUT2D eigenvalue weighted by Crippen LogP contribution is -2.56.